The fraction of sp³-hybridized carbons (Fsp3) is 0.0870. The Labute approximate surface area is 173 Å². The van der Waals surface area contributed by atoms with E-state index >= 15 is 0 Å². The zero-order valence-electron chi connectivity index (χ0n) is 16.3. The summed E-state index contributed by atoms with van der Waals surface area (Å²) in [6.45, 7) is 1.34. The zero-order valence-corrected chi connectivity index (χ0v) is 16.3. The van der Waals surface area contributed by atoms with E-state index in [1.54, 1.807) is 54.6 Å². The zero-order chi connectivity index (χ0) is 21.3. The van der Waals surface area contributed by atoms with Crippen LogP contribution >= 0.6 is 0 Å². The highest BCUT2D eigenvalue weighted by Crippen LogP contribution is 2.25. The van der Waals surface area contributed by atoms with Gasteiger partial charge in [-0.25, -0.2) is 4.79 Å². The van der Waals surface area contributed by atoms with Crippen molar-refractivity contribution in [3.05, 3.63) is 95.6 Å². The molecule has 0 aliphatic heterocycles. The van der Waals surface area contributed by atoms with Crippen molar-refractivity contribution in [2.45, 2.75) is 6.92 Å². The second-order valence-electron chi connectivity index (χ2n) is 6.36. The number of hydrazine groups is 1. The van der Waals surface area contributed by atoms with E-state index in [0.717, 1.165) is 5.56 Å². The number of hydrogen-bond donors (Lipinski definition) is 2. The van der Waals surface area contributed by atoms with E-state index < -0.39 is 24.4 Å². The molecule has 30 heavy (non-hydrogen) atoms. The molecule has 0 atom stereocenters. The van der Waals surface area contributed by atoms with Crippen LogP contribution < -0.4 is 15.6 Å². The van der Waals surface area contributed by atoms with Crippen LogP contribution in [0.2, 0.25) is 0 Å². The minimum atomic E-state index is -0.721. The normalized spacial score (nSPS) is 10.0. The number of benzene rings is 3. The van der Waals surface area contributed by atoms with Gasteiger partial charge in [-0.3, -0.25) is 20.4 Å². The largest absolute Gasteiger partial charge is 0.456 e. The predicted molar refractivity (Wildman–Crippen MR) is 110 cm³/mol. The SMILES string of the molecule is Cc1ccc(C(=O)NNC(=O)COC(=O)c2ccccc2Oc2ccccc2)cc1. The molecule has 0 aliphatic carbocycles. The van der Waals surface area contributed by atoms with Crippen LogP contribution in [0, 0.1) is 6.92 Å². The van der Waals surface area contributed by atoms with Gasteiger partial charge in [0.15, 0.2) is 6.61 Å². The molecular formula is C23H20N2O5. The van der Waals surface area contributed by atoms with E-state index in [-0.39, 0.29) is 5.56 Å². The summed E-state index contributed by atoms with van der Waals surface area (Å²) in [7, 11) is 0. The van der Waals surface area contributed by atoms with E-state index in [9.17, 15) is 14.4 Å². The van der Waals surface area contributed by atoms with Crippen LogP contribution in [0.4, 0.5) is 0 Å². The second-order valence-corrected chi connectivity index (χ2v) is 6.36. The smallest absolute Gasteiger partial charge is 0.342 e. The van der Waals surface area contributed by atoms with Gasteiger partial charge in [-0.05, 0) is 43.3 Å². The Bertz CT molecular complexity index is 1030. The van der Waals surface area contributed by atoms with Crippen molar-refractivity contribution < 1.29 is 23.9 Å². The van der Waals surface area contributed by atoms with Gasteiger partial charge in [0.2, 0.25) is 0 Å². The molecule has 0 heterocycles. The number of esters is 1. The molecule has 0 radical (unpaired) electrons. The van der Waals surface area contributed by atoms with E-state index in [1.165, 1.54) is 6.07 Å². The van der Waals surface area contributed by atoms with E-state index in [0.29, 0.717) is 17.1 Å². The Morgan fingerprint density at radius 1 is 0.800 bits per heavy atom. The lowest BCUT2D eigenvalue weighted by Gasteiger charge is -2.11. The second kappa shape index (κ2) is 9.88. The number of para-hydroxylation sites is 2. The molecule has 3 aromatic carbocycles. The Kier molecular flexibility index (Phi) is 6.78. The van der Waals surface area contributed by atoms with E-state index in [1.807, 2.05) is 25.1 Å². The first-order valence-corrected chi connectivity index (χ1v) is 9.18. The van der Waals surface area contributed by atoms with Crippen molar-refractivity contribution >= 4 is 17.8 Å². The van der Waals surface area contributed by atoms with Crippen LogP contribution in [0.5, 0.6) is 11.5 Å². The first kappa shape index (κ1) is 20.6. The van der Waals surface area contributed by atoms with Gasteiger partial charge in [0.25, 0.3) is 11.8 Å². The number of aryl methyl sites for hydroxylation is 1. The number of rotatable bonds is 6. The minimum Gasteiger partial charge on any atom is -0.456 e. The van der Waals surface area contributed by atoms with Crippen molar-refractivity contribution in [1.29, 1.82) is 0 Å². The van der Waals surface area contributed by atoms with E-state index in [4.69, 9.17) is 9.47 Å². The standard InChI is InChI=1S/C23H20N2O5/c1-16-11-13-17(14-12-16)22(27)25-24-21(26)15-29-23(28)19-9-5-6-10-20(19)30-18-7-3-2-4-8-18/h2-14H,15H2,1H3,(H,24,26)(H,25,27). The molecule has 0 aromatic heterocycles. The molecule has 2 N–H and O–H groups in total. The van der Waals surface area contributed by atoms with Gasteiger partial charge in [0, 0.05) is 5.56 Å². The van der Waals surface area contributed by atoms with Crippen molar-refractivity contribution in [3.8, 4) is 11.5 Å². The van der Waals surface area contributed by atoms with Gasteiger partial charge in [0.05, 0.1) is 0 Å². The Morgan fingerprint density at radius 3 is 2.20 bits per heavy atom. The molecule has 0 aliphatic rings. The topological polar surface area (TPSA) is 93.7 Å². The number of carbonyl (C=O) groups excluding carboxylic acids is 3. The fourth-order valence-corrected chi connectivity index (χ4v) is 2.49. The minimum absolute atomic E-state index is 0.179. The van der Waals surface area contributed by atoms with Crippen LogP contribution in [-0.2, 0) is 9.53 Å². The first-order chi connectivity index (χ1) is 14.5. The van der Waals surface area contributed by atoms with Crippen molar-refractivity contribution in [2.24, 2.45) is 0 Å². The number of amides is 2. The Balaban J connectivity index is 1.52. The number of hydrogen-bond acceptors (Lipinski definition) is 5. The molecule has 3 aromatic rings. The average molecular weight is 404 g/mol. The molecule has 0 spiro atoms. The quantitative estimate of drug-likeness (QED) is 0.485. The van der Waals surface area contributed by atoms with Crippen molar-refractivity contribution in [3.63, 3.8) is 0 Å². The summed E-state index contributed by atoms with van der Waals surface area (Å²) < 4.78 is 10.8. The summed E-state index contributed by atoms with van der Waals surface area (Å²) in [5.41, 5.74) is 6.07. The number of ether oxygens (including phenoxy) is 2. The molecule has 7 nitrogen and oxygen atoms in total. The third-order valence-electron chi connectivity index (χ3n) is 4.04. The molecule has 0 saturated heterocycles. The molecule has 0 bridgehead atoms. The van der Waals surface area contributed by atoms with Crippen LogP contribution in [0.1, 0.15) is 26.3 Å². The monoisotopic (exact) mass is 404 g/mol. The number of carbonyl (C=O) groups is 3. The maximum atomic E-state index is 12.4. The third kappa shape index (κ3) is 5.68. The molecule has 7 heteroatoms. The number of nitrogens with one attached hydrogen (secondary N) is 2. The highest BCUT2D eigenvalue weighted by Gasteiger charge is 2.16. The lowest BCUT2D eigenvalue weighted by Crippen LogP contribution is -2.43. The lowest BCUT2D eigenvalue weighted by molar-refractivity contribution is -0.125. The van der Waals surface area contributed by atoms with Gasteiger partial charge in [-0.1, -0.05) is 48.0 Å². The van der Waals surface area contributed by atoms with Crippen molar-refractivity contribution in [1.82, 2.24) is 10.9 Å². The fourth-order valence-electron chi connectivity index (χ4n) is 2.49. The molecule has 3 rings (SSSR count). The highest BCUT2D eigenvalue weighted by molar-refractivity contribution is 5.96. The van der Waals surface area contributed by atoms with Crippen LogP contribution in [-0.4, -0.2) is 24.4 Å². The van der Waals surface area contributed by atoms with E-state index in [2.05, 4.69) is 10.9 Å². The van der Waals surface area contributed by atoms with Gasteiger partial charge < -0.3 is 9.47 Å². The summed E-state index contributed by atoms with van der Waals surface area (Å²) in [6.07, 6.45) is 0. The summed E-state index contributed by atoms with van der Waals surface area (Å²) >= 11 is 0. The van der Waals surface area contributed by atoms with Crippen LogP contribution in [0.25, 0.3) is 0 Å². The molecular weight excluding hydrogens is 384 g/mol. The molecule has 152 valence electrons. The molecule has 0 unspecified atom stereocenters. The van der Waals surface area contributed by atoms with Gasteiger partial charge in [-0.15, -0.1) is 0 Å². The summed E-state index contributed by atoms with van der Waals surface area (Å²) in [5.74, 6) is -1.00. The predicted octanol–water partition coefficient (Wildman–Crippen LogP) is 3.41. The lowest BCUT2D eigenvalue weighted by atomic mass is 10.1. The maximum Gasteiger partial charge on any atom is 0.342 e. The molecule has 0 fully saturated rings. The highest BCUT2D eigenvalue weighted by atomic mass is 16.5. The summed E-state index contributed by atoms with van der Waals surface area (Å²) in [4.78, 5) is 36.3. The van der Waals surface area contributed by atoms with Crippen LogP contribution in [0.3, 0.4) is 0 Å². The van der Waals surface area contributed by atoms with Gasteiger partial charge in [-0.2, -0.15) is 0 Å². The van der Waals surface area contributed by atoms with Gasteiger partial charge >= 0.3 is 5.97 Å². The maximum absolute atomic E-state index is 12.4. The molecule has 0 saturated carbocycles. The molecule has 2 amide bonds. The Hall–Kier alpha value is -4.13. The average Bonchev–Trinajstić information content (AvgIpc) is 2.77. The Morgan fingerprint density at radius 2 is 1.47 bits per heavy atom. The summed E-state index contributed by atoms with van der Waals surface area (Å²) in [6, 6.07) is 22.4. The third-order valence-corrected chi connectivity index (χ3v) is 4.04. The summed E-state index contributed by atoms with van der Waals surface area (Å²) in [5, 5.41) is 0. The van der Waals surface area contributed by atoms with Gasteiger partial charge in [0.1, 0.15) is 17.1 Å². The van der Waals surface area contributed by atoms with Crippen molar-refractivity contribution in [2.75, 3.05) is 6.61 Å². The first-order valence-electron chi connectivity index (χ1n) is 9.18. The van der Waals surface area contributed by atoms with Crippen LogP contribution in [0.15, 0.2) is 78.9 Å².